The molecular formula is C17H22N4O3S. The van der Waals surface area contributed by atoms with Crippen LogP contribution in [0.3, 0.4) is 0 Å². The maximum Gasteiger partial charge on any atom is 0.267 e. The van der Waals surface area contributed by atoms with Gasteiger partial charge in [-0.2, -0.15) is 0 Å². The minimum Gasteiger partial charge on any atom is -0.383 e. The van der Waals surface area contributed by atoms with E-state index in [4.69, 9.17) is 4.74 Å². The molecule has 3 N–H and O–H groups in total. The van der Waals surface area contributed by atoms with E-state index in [0.717, 1.165) is 5.56 Å². The van der Waals surface area contributed by atoms with Crippen molar-refractivity contribution < 1.29 is 14.3 Å². The van der Waals surface area contributed by atoms with Gasteiger partial charge in [0.15, 0.2) is 5.13 Å². The van der Waals surface area contributed by atoms with Crippen molar-refractivity contribution >= 4 is 34.0 Å². The van der Waals surface area contributed by atoms with Crippen LogP contribution in [-0.4, -0.2) is 43.6 Å². The molecular weight excluding hydrogens is 340 g/mol. The number of rotatable bonds is 8. The number of thiazole rings is 1. The monoisotopic (exact) mass is 362 g/mol. The number of nitrogens with zero attached hydrogens (tertiary/aromatic N) is 1. The summed E-state index contributed by atoms with van der Waals surface area (Å²) in [6.07, 6.45) is 1.53. The van der Waals surface area contributed by atoms with Crippen LogP contribution in [0, 0.1) is 6.92 Å². The lowest BCUT2D eigenvalue weighted by molar-refractivity contribution is 0.0954. The number of aryl methyl sites for hydroxylation is 1. The molecule has 0 radical (unpaired) electrons. The van der Waals surface area contributed by atoms with Crippen LogP contribution in [-0.2, 0) is 4.74 Å². The van der Waals surface area contributed by atoms with Crippen molar-refractivity contribution in [1.29, 1.82) is 0 Å². The molecule has 1 aromatic carbocycles. The van der Waals surface area contributed by atoms with Gasteiger partial charge in [-0.3, -0.25) is 9.59 Å². The highest BCUT2D eigenvalue weighted by Gasteiger charge is 2.13. The molecule has 0 aliphatic carbocycles. The van der Waals surface area contributed by atoms with Crippen molar-refractivity contribution in [3.63, 3.8) is 0 Å². The smallest absolute Gasteiger partial charge is 0.267 e. The van der Waals surface area contributed by atoms with Gasteiger partial charge in [-0.25, -0.2) is 4.98 Å². The zero-order valence-corrected chi connectivity index (χ0v) is 15.3. The Labute approximate surface area is 150 Å². The summed E-state index contributed by atoms with van der Waals surface area (Å²) in [7, 11) is 1.62. The Hall–Kier alpha value is -2.45. The van der Waals surface area contributed by atoms with E-state index in [9.17, 15) is 9.59 Å². The molecule has 25 heavy (non-hydrogen) atoms. The molecule has 0 aliphatic rings. The summed E-state index contributed by atoms with van der Waals surface area (Å²) in [6, 6.07) is 5.22. The van der Waals surface area contributed by atoms with Gasteiger partial charge >= 0.3 is 0 Å². The Kier molecular flexibility index (Phi) is 6.91. The summed E-state index contributed by atoms with van der Waals surface area (Å²) in [5.74, 6) is -0.422. The fourth-order valence-corrected chi connectivity index (χ4v) is 2.80. The lowest BCUT2D eigenvalue weighted by Gasteiger charge is -2.10. The number of ether oxygens (including phenoxy) is 1. The third-order valence-electron chi connectivity index (χ3n) is 3.40. The average molecular weight is 362 g/mol. The number of nitrogens with one attached hydrogen (secondary N) is 3. The fourth-order valence-electron chi connectivity index (χ4n) is 2.07. The summed E-state index contributed by atoms with van der Waals surface area (Å²) in [6.45, 7) is 5.47. The Morgan fingerprint density at radius 2 is 2.08 bits per heavy atom. The lowest BCUT2D eigenvalue weighted by atomic mass is 10.1. The number of carbonyl (C=O) groups excluding carboxylic acids is 2. The highest BCUT2D eigenvalue weighted by atomic mass is 32.1. The minimum atomic E-state index is -0.256. The molecule has 0 atom stereocenters. The Morgan fingerprint density at radius 3 is 2.80 bits per heavy atom. The summed E-state index contributed by atoms with van der Waals surface area (Å²) < 4.78 is 4.96. The van der Waals surface area contributed by atoms with Crippen LogP contribution in [0.15, 0.2) is 24.4 Å². The standard InChI is InChI=1S/C17H22N4O3S/c1-4-18-15(22)12-6-5-11(2)13(9-12)21-16(23)14-10-20-17(25-14)19-7-8-24-3/h5-6,9-10H,4,7-8H2,1-3H3,(H,18,22)(H,19,20)(H,21,23). The van der Waals surface area contributed by atoms with E-state index in [2.05, 4.69) is 20.9 Å². The van der Waals surface area contributed by atoms with Crippen LogP contribution >= 0.6 is 11.3 Å². The van der Waals surface area contributed by atoms with Crippen molar-refractivity contribution in [3.05, 3.63) is 40.4 Å². The molecule has 2 rings (SSSR count). The zero-order chi connectivity index (χ0) is 18.2. The van der Waals surface area contributed by atoms with Gasteiger partial charge in [0.05, 0.1) is 12.8 Å². The summed E-state index contributed by atoms with van der Waals surface area (Å²) >= 11 is 1.27. The predicted octanol–water partition coefficient (Wildman–Crippen LogP) is 2.51. The van der Waals surface area contributed by atoms with E-state index < -0.39 is 0 Å². The van der Waals surface area contributed by atoms with Crippen LogP contribution in [0.4, 0.5) is 10.8 Å². The highest BCUT2D eigenvalue weighted by molar-refractivity contribution is 7.17. The molecule has 0 bridgehead atoms. The van der Waals surface area contributed by atoms with Crippen LogP contribution in [0.1, 0.15) is 32.5 Å². The van der Waals surface area contributed by atoms with E-state index in [0.29, 0.717) is 41.0 Å². The molecule has 0 saturated heterocycles. The number of anilines is 2. The van der Waals surface area contributed by atoms with Crippen molar-refractivity contribution in [2.75, 3.05) is 37.4 Å². The van der Waals surface area contributed by atoms with Gasteiger partial charge in [-0.15, -0.1) is 0 Å². The molecule has 1 heterocycles. The number of methoxy groups -OCH3 is 1. The molecule has 2 amide bonds. The van der Waals surface area contributed by atoms with E-state index in [1.54, 1.807) is 19.2 Å². The summed E-state index contributed by atoms with van der Waals surface area (Å²) in [5.41, 5.74) is 1.99. The number of benzene rings is 1. The lowest BCUT2D eigenvalue weighted by Crippen LogP contribution is -2.23. The first-order valence-corrected chi connectivity index (χ1v) is 8.75. The fraction of sp³-hybridized carbons (Fsp3) is 0.353. The Morgan fingerprint density at radius 1 is 1.28 bits per heavy atom. The van der Waals surface area contributed by atoms with Crippen molar-refractivity contribution in [3.8, 4) is 0 Å². The largest absolute Gasteiger partial charge is 0.383 e. The second-order valence-corrected chi connectivity index (χ2v) is 6.32. The number of carbonyl (C=O) groups is 2. The Balaban J connectivity index is 2.07. The van der Waals surface area contributed by atoms with Gasteiger partial charge in [0, 0.05) is 31.5 Å². The molecule has 0 unspecified atom stereocenters. The third-order valence-corrected chi connectivity index (χ3v) is 4.35. The summed E-state index contributed by atoms with van der Waals surface area (Å²) in [5, 5.41) is 9.33. The van der Waals surface area contributed by atoms with Gasteiger partial charge in [0.25, 0.3) is 11.8 Å². The SMILES string of the molecule is CCNC(=O)c1ccc(C)c(NC(=O)c2cnc(NCCOC)s2)c1. The van der Waals surface area contributed by atoms with Crippen LogP contribution in [0.25, 0.3) is 0 Å². The van der Waals surface area contributed by atoms with Crippen LogP contribution < -0.4 is 16.0 Å². The van der Waals surface area contributed by atoms with Crippen molar-refractivity contribution in [1.82, 2.24) is 10.3 Å². The predicted molar refractivity (Wildman–Crippen MR) is 99.6 cm³/mol. The topological polar surface area (TPSA) is 92.4 Å². The van der Waals surface area contributed by atoms with Gasteiger partial charge < -0.3 is 20.7 Å². The minimum absolute atomic E-state index is 0.166. The van der Waals surface area contributed by atoms with E-state index in [1.165, 1.54) is 17.5 Å². The third kappa shape index (κ3) is 5.27. The zero-order valence-electron chi connectivity index (χ0n) is 14.5. The van der Waals surface area contributed by atoms with Crippen molar-refractivity contribution in [2.45, 2.75) is 13.8 Å². The molecule has 0 aliphatic heterocycles. The highest BCUT2D eigenvalue weighted by Crippen LogP contribution is 2.22. The van der Waals surface area contributed by atoms with Gasteiger partial charge in [-0.05, 0) is 31.5 Å². The quantitative estimate of drug-likeness (QED) is 0.628. The van der Waals surface area contributed by atoms with Crippen LogP contribution in [0.2, 0.25) is 0 Å². The van der Waals surface area contributed by atoms with Crippen molar-refractivity contribution in [2.24, 2.45) is 0 Å². The second-order valence-electron chi connectivity index (χ2n) is 5.29. The first-order chi connectivity index (χ1) is 12.0. The number of hydrogen-bond acceptors (Lipinski definition) is 6. The van der Waals surface area contributed by atoms with Gasteiger partial charge in [0.2, 0.25) is 0 Å². The second kappa shape index (κ2) is 9.14. The Bertz CT molecular complexity index is 745. The molecule has 0 fully saturated rings. The maximum absolute atomic E-state index is 12.4. The van der Waals surface area contributed by atoms with Gasteiger partial charge in [0.1, 0.15) is 4.88 Å². The number of amides is 2. The molecule has 8 heteroatoms. The molecule has 134 valence electrons. The molecule has 2 aromatic rings. The van der Waals surface area contributed by atoms with E-state index >= 15 is 0 Å². The molecule has 1 aromatic heterocycles. The summed E-state index contributed by atoms with van der Waals surface area (Å²) in [4.78, 5) is 29.0. The molecule has 0 spiro atoms. The average Bonchev–Trinajstić information content (AvgIpc) is 3.06. The first-order valence-electron chi connectivity index (χ1n) is 7.94. The molecule has 0 saturated carbocycles. The number of aromatic nitrogens is 1. The van der Waals surface area contributed by atoms with Crippen LogP contribution in [0.5, 0.6) is 0 Å². The first kappa shape index (κ1) is 18.9. The van der Waals surface area contributed by atoms with E-state index in [-0.39, 0.29) is 11.8 Å². The normalized spacial score (nSPS) is 10.4. The number of hydrogen-bond donors (Lipinski definition) is 3. The van der Waals surface area contributed by atoms with E-state index in [1.807, 2.05) is 19.9 Å². The molecule has 7 nitrogen and oxygen atoms in total. The maximum atomic E-state index is 12.4. The van der Waals surface area contributed by atoms with Gasteiger partial charge in [-0.1, -0.05) is 17.4 Å².